The number of aryl methyl sites for hydroxylation is 1. The van der Waals surface area contributed by atoms with Crippen molar-refractivity contribution in [2.75, 3.05) is 11.0 Å². The molecule has 0 saturated carbocycles. The van der Waals surface area contributed by atoms with Crippen LogP contribution in [-0.2, 0) is 16.4 Å². The first-order chi connectivity index (χ1) is 9.31. The predicted molar refractivity (Wildman–Crippen MR) is 75.6 cm³/mol. The van der Waals surface area contributed by atoms with Gasteiger partial charge in [-0.05, 0) is 24.6 Å². The molecule has 0 radical (unpaired) electrons. The number of hydrogen-bond acceptors (Lipinski definition) is 4. The van der Waals surface area contributed by atoms with Crippen molar-refractivity contribution in [3.8, 4) is 0 Å². The molecule has 0 aliphatic carbocycles. The molecule has 20 heavy (non-hydrogen) atoms. The Morgan fingerprint density at radius 2 is 2.10 bits per heavy atom. The van der Waals surface area contributed by atoms with Crippen molar-refractivity contribution in [2.24, 2.45) is 0 Å². The molecule has 0 spiro atoms. The van der Waals surface area contributed by atoms with Gasteiger partial charge in [0, 0.05) is 17.5 Å². The Kier molecular flexibility index (Phi) is 3.71. The van der Waals surface area contributed by atoms with Crippen molar-refractivity contribution in [2.45, 2.75) is 19.8 Å². The Balaban J connectivity index is 2.60. The SMILES string of the molecule is CCCc1oc2ccc(NS(C)(=O)=O)cc2c1C(=O)O. The maximum atomic E-state index is 11.4. The summed E-state index contributed by atoms with van der Waals surface area (Å²) < 4.78 is 30.3. The highest BCUT2D eigenvalue weighted by Gasteiger charge is 2.20. The number of anilines is 1. The topological polar surface area (TPSA) is 96.6 Å². The molecule has 7 heteroatoms. The molecule has 2 rings (SSSR count). The number of hydrogen-bond donors (Lipinski definition) is 2. The second-order valence-electron chi connectivity index (χ2n) is 4.54. The summed E-state index contributed by atoms with van der Waals surface area (Å²) in [6.45, 7) is 1.93. The highest BCUT2D eigenvalue weighted by molar-refractivity contribution is 7.92. The fraction of sp³-hybridized carbons (Fsp3) is 0.308. The smallest absolute Gasteiger partial charge is 0.339 e. The van der Waals surface area contributed by atoms with E-state index in [2.05, 4.69) is 4.72 Å². The molecular formula is C13H15NO5S. The van der Waals surface area contributed by atoms with Crippen LogP contribution in [0.1, 0.15) is 29.5 Å². The summed E-state index contributed by atoms with van der Waals surface area (Å²) in [5.74, 6) is -0.671. The van der Waals surface area contributed by atoms with E-state index in [0.29, 0.717) is 28.8 Å². The van der Waals surface area contributed by atoms with Gasteiger partial charge in [0.25, 0.3) is 0 Å². The Labute approximate surface area is 116 Å². The third-order valence-corrected chi connectivity index (χ3v) is 3.36. The average molecular weight is 297 g/mol. The maximum Gasteiger partial charge on any atom is 0.339 e. The molecule has 0 amide bonds. The van der Waals surface area contributed by atoms with Gasteiger partial charge in [-0.25, -0.2) is 13.2 Å². The predicted octanol–water partition coefficient (Wildman–Crippen LogP) is 2.46. The molecule has 2 aromatic rings. The van der Waals surface area contributed by atoms with Gasteiger partial charge < -0.3 is 9.52 Å². The van der Waals surface area contributed by atoms with Gasteiger partial charge in [0.15, 0.2) is 0 Å². The van der Waals surface area contributed by atoms with Crippen LogP contribution in [0.3, 0.4) is 0 Å². The Morgan fingerprint density at radius 3 is 2.65 bits per heavy atom. The summed E-state index contributed by atoms with van der Waals surface area (Å²) in [6.07, 6.45) is 2.31. The number of fused-ring (bicyclic) bond motifs is 1. The Hall–Kier alpha value is -2.02. The molecule has 0 saturated heterocycles. The minimum absolute atomic E-state index is 0.0963. The van der Waals surface area contributed by atoms with E-state index in [-0.39, 0.29) is 5.56 Å². The lowest BCUT2D eigenvalue weighted by molar-refractivity contribution is 0.0696. The van der Waals surface area contributed by atoms with Crippen LogP contribution in [-0.4, -0.2) is 25.7 Å². The third-order valence-electron chi connectivity index (χ3n) is 2.76. The fourth-order valence-corrected chi connectivity index (χ4v) is 2.62. The van der Waals surface area contributed by atoms with E-state index in [9.17, 15) is 18.3 Å². The van der Waals surface area contributed by atoms with Crippen molar-refractivity contribution in [3.63, 3.8) is 0 Å². The summed E-state index contributed by atoms with van der Waals surface area (Å²) in [4.78, 5) is 11.4. The first kappa shape index (κ1) is 14.4. The fourth-order valence-electron chi connectivity index (χ4n) is 2.06. The zero-order valence-electron chi connectivity index (χ0n) is 11.1. The quantitative estimate of drug-likeness (QED) is 0.883. The number of sulfonamides is 1. The molecule has 0 aliphatic rings. The highest BCUT2D eigenvalue weighted by Crippen LogP contribution is 2.29. The van der Waals surface area contributed by atoms with Crippen molar-refractivity contribution in [1.82, 2.24) is 0 Å². The first-order valence-corrected chi connectivity index (χ1v) is 7.97. The van der Waals surface area contributed by atoms with Crippen molar-refractivity contribution < 1.29 is 22.7 Å². The summed E-state index contributed by atoms with van der Waals surface area (Å²) in [6, 6.07) is 4.57. The summed E-state index contributed by atoms with van der Waals surface area (Å²) in [5, 5.41) is 9.70. The van der Waals surface area contributed by atoms with Crippen molar-refractivity contribution in [3.05, 3.63) is 29.5 Å². The van der Waals surface area contributed by atoms with E-state index in [1.54, 1.807) is 6.07 Å². The number of benzene rings is 1. The van der Waals surface area contributed by atoms with Gasteiger partial charge in [-0.3, -0.25) is 4.72 Å². The van der Waals surface area contributed by atoms with Crippen molar-refractivity contribution >= 4 is 32.6 Å². The number of carboxylic acid groups (broad SMARTS) is 1. The van der Waals surface area contributed by atoms with Crippen LogP contribution in [0.2, 0.25) is 0 Å². The van der Waals surface area contributed by atoms with Crippen molar-refractivity contribution in [1.29, 1.82) is 0 Å². The summed E-state index contributed by atoms with van der Waals surface area (Å²) in [7, 11) is -3.41. The van der Waals surface area contributed by atoms with Crippen LogP contribution in [0, 0.1) is 0 Å². The second-order valence-corrected chi connectivity index (χ2v) is 6.29. The molecule has 0 bridgehead atoms. The van der Waals surface area contributed by atoms with Crippen LogP contribution >= 0.6 is 0 Å². The Morgan fingerprint density at radius 1 is 1.40 bits per heavy atom. The molecule has 1 aromatic carbocycles. The normalized spacial score (nSPS) is 11.7. The molecule has 0 atom stereocenters. The average Bonchev–Trinajstić information content (AvgIpc) is 2.64. The summed E-state index contributed by atoms with van der Waals surface area (Å²) in [5.41, 5.74) is 0.843. The van der Waals surface area contributed by atoms with Gasteiger partial charge in [0.2, 0.25) is 10.0 Å². The van der Waals surface area contributed by atoms with Crippen LogP contribution in [0.15, 0.2) is 22.6 Å². The minimum Gasteiger partial charge on any atom is -0.478 e. The Bertz CT molecular complexity index is 760. The lowest BCUT2D eigenvalue weighted by Crippen LogP contribution is -2.09. The first-order valence-electron chi connectivity index (χ1n) is 6.08. The van der Waals surface area contributed by atoms with Gasteiger partial charge in [0.1, 0.15) is 16.9 Å². The number of aromatic carboxylic acids is 1. The minimum atomic E-state index is -3.41. The monoisotopic (exact) mass is 297 g/mol. The second kappa shape index (κ2) is 5.16. The van der Waals surface area contributed by atoms with E-state index >= 15 is 0 Å². The van der Waals surface area contributed by atoms with Gasteiger partial charge in [-0.1, -0.05) is 6.92 Å². The van der Waals surface area contributed by atoms with E-state index in [0.717, 1.165) is 12.7 Å². The van der Waals surface area contributed by atoms with Gasteiger partial charge in [-0.15, -0.1) is 0 Å². The molecule has 1 aromatic heterocycles. The summed E-state index contributed by atoms with van der Waals surface area (Å²) >= 11 is 0. The van der Waals surface area contributed by atoms with Gasteiger partial charge in [0.05, 0.1) is 6.26 Å². The van der Waals surface area contributed by atoms with E-state index in [1.165, 1.54) is 12.1 Å². The maximum absolute atomic E-state index is 11.4. The molecule has 108 valence electrons. The zero-order valence-corrected chi connectivity index (χ0v) is 12.0. The number of carboxylic acids is 1. The largest absolute Gasteiger partial charge is 0.478 e. The molecule has 1 heterocycles. The van der Waals surface area contributed by atoms with Crippen LogP contribution in [0.5, 0.6) is 0 Å². The van der Waals surface area contributed by atoms with E-state index in [4.69, 9.17) is 4.42 Å². The van der Waals surface area contributed by atoms with E-state index < -0.39 is 16.0 Å². The molecule has 0 unspecified atom stereocenters. The highest BCUT2D eigenvalue weighted by atomic mass is 32.2. The standard InChI is InChI=1S/C13H15NO5S/c1-3-4-11-12(13(15)16)9-7-8(14-20(2,17)18)5-6-10(9)19-11/h5-7,14H,3-4H2,1-2H3,(H,15,16). The number of rotatable bonds is 5. The van der Waals surface area contributed by atoms with Gasteiger partial charge >= 0.3 is 5.97 Å². The van der Waals surface area contributed by atoms with Crippen LogP contribution < -0.4 is 4.72 Å². The molecule has 2 N–H and O–H groups in total. The molecule has 0 aliphatic heterocycles. The zero-order chi connectivity index (χ0) is 14.9. The van der Waals surface area contributed by atoms with Crippen LogP contribution in [0.25, 0.3) is 11.0 Å². The lowest BCUT2D eigenvalue weighted by Gasteiger charge is -2.03. The molecule has 6 nitrogen and oxygen atoms in total. The third kappa shape index (κ3) is 2.93. The van der Waals surface area contributed by atoms with Crippen LogP contribution in [0.4, 0.5) is 5.69 Å². The number of carbonyl (C=O) groups is 1. The van der Waals surface area contributed by atoms with Gasteiger partial charge in [-0.2, -0.15) is 0 Å². The van der Waals surface area contributed by atoms with E-state index in [1.807, 2.05) is 6.92 Å². The molecular weight excluding hydrogens is 282 g/mol. The number of furan rings is 1. The number of nitrogens with one attached hydrogen (secondary N) is 1. The lowest BCUT2D eigenvalue weighted by atomic mass is 10.1. The molecule has 0 fully saturated rings.